The molecule has 0 saturated carbocycles. The number of benzene rings is 1. The van der Waals surface area contributed by atoms with E-state index in [1.807, 2.05) is 47.9 Å². The first-order chi connectivity index (χ1) is 14.3. The summed E-state index contributed by atoms with van der Waals surface area (Å²) in [6.07, 6.45) is 0. The molecule has 9 nitrogen and oxygen atoms in total. The van der Waals surface area contributed by atoms with Crippen LogP contribution in [0.15, 0.2) is 27.8 Å². The number of hydrogen-bond donors (Lipinski definition) is 0. The van der Waals surface area contributed by atoms with Gasteiger partial charge in [0.05, 0.1) is 25.9 Å². The summed E-state index contributed by atoms with van der Waals surface area (Å²) in [4.78, 5) is 30.7. The Kier molecular flexibility index (Phi) is 4.77. The van der Waals surface area contributed by atoms with Crippen LogP contribution in [0.25, 0.3) is 22.6 Å². The second-order valence-corrected chi connectivity index (χ2v) is 7.39. The zero-order chi connectivity index (χ0) is 21.7. The predicted molar refractivity (Wildman–Crippen MR) is 114 cm³/mol. The monoisotopic (exact) mass is 411 g/mol. The fourth-order valence-electron chi connectivity index (χ4n) is 3.89. The van der Waals surface area contributed by atoms with Crippen LogP contribution in [-0.4, -0.2) is 43.9 Å². The molecule has 9 heteroatoms. The fraction of sp³-hybridized carbons (Fsp3) is 0.381. The molecule has 3 aromatic heterocycles. The molecule has 0 aliphatic carbocycles. The number of nitrogens with zero attached hydrogens (tertiary/aromatic N) is 5. The molecule has 0 atom stereocenters. The van der Waals surface area contributed by atoms with E-state index in [4.69, 9.17) is 14.5 Å². The summed E-state index contributed by atoms with van der Waals surface area (Å²) < 4.78 is 17.0. The smallest absolute Gasteiger partial charge is 0.332 e. The maximum absolute atomic E-state index is 13.3. The van der Waals surface area contributed by atoms with Crippen LogP contribution in [0.3, 0.4) is 0 Å². The topological polar surface area (TPSA) is 84.7 Å². The molecule has 30 heavy (non-hydrogen) atoms. The molecule has 3 heterocycles. The summed E-state index contributed by atoms with van der Waals surface area (Å²) in [5, 5.41) is 0. The van der Waals surface area contributed by atoms with Crippen LogP contribution < -0.4 is 16.0 Å². The molecule has 0 aliphatic heterocycles. The quantitative estimate of drug-likeness (QED) is 0.499. The molecule has 0 amide bonds. The largest absolute Gasteiger partial charge is 0.495 e. The van der Waals surface area contributed by atoms with Gasteiger partial charge in [-0.25, -0.2) is 4.79 Å². The maximum atomic E-state index is 13.3. The van der Waals surface area contributed by atoms with Crippen molar-refractivity contribution in [1.82, 2.24) is 23.1 Å². The first kappa shape index (κ1) is 20.0. The Morgan fingerprint density at radius 2 is 1.80 bits per heavy atom. The van der Waals surface area contributed by atoms with Crippen LogP contribution in [0.4, 0.5) is 0 Å². The molecule has 4 rings (SSSR count). The Morgan fingerprint density at radius 1 is 1.07 bits per heavy atom. The molecule has 4 aromatic rings. The molecule has 0 unspecified atom stereocenters. The first-order valence-electron chi connectivity index (χ1n) is 9.65. The van der Waals surface area contributed by atoms with Crippen molar-refractivity contribution in [3.05, 3.63) is 56.0 Å². The minimum atomic E-state index is -0.417. The standard InChI is InChI=1S/C21H25N5O4/c1-12-7-8-16(30-6)15(11-12)25-13(2)14(3)26-17-18(22-20(25)26)23(4)21(28)24(19(17)27)9-10-29-5/h7-8,11H,9-10H2,1-6H3. The Hall–Kier alpha value is -3.33. The van der Waals surface area contributed by atoms with Gasteiger partial charge in [-0.05, 0) is 38.5 Å². The van der Waals surface area contributed by atoms with Gasteiger partial charge in [0.15, 0.2) is 11.2 Å². The van der Waals surface area contributed by atoms with E-state index in [-0.39, 0.29) is 18.7 Å². The van der Waals surface area contributed by atoms with E-state index in [1.165, 1.54) is 16.2 Å². The van der Waals surface area contributed by atoms with E-state index in [1.54, 1.807) is 14.2 Å². The summed E-state index contributed by atoms with van der Waals surface area (Å²) in [5.41, 5.74) is 3.61. The molecular formula is C21H25N5O4. The van der Waals surface area contributed by atoms with E-state index in [2.05, 4.69) is 0 Å². The number of aromatic nitrogens is 5. The zero-order valence-corrected chi connectivity index (χ0v) is 18.0. The Balaban J connectivity index is 2.16. The van der Waals surface area contributed by atoms with Crippen molar-refractivity contribution in [3.8, 4) is 11.4 Å². The molecular weight excluding hydrogens is 386 g/mol. The Bertz CT molecular complexity index is 1400. The third kappa shape index (κ3) is 2.69. The van der Waals surface area contributed by atoms with Gasteiger partial charge in [0, 0.05) is 25.5 Å². The van der Waals surface area contributed by atoms with Crippen LogP contribution in [-0.2, 0) is 18.3 Å². The Morgan fingerprint density at radius 3 is 2.47 bits per heavy atom. The lowest BCUT2D eigenvalue weighted by Gasteiger charge is -2.12. The van der Waals surface area contributed by atoms with E-state index in [9.17, 15) is 9.59 Å². The van der Waals surface area contributed by atoms with Gasteiger partial charge in [0.25, 0.3) is 5.56 Å². The number of rotatable bonds is 5. The lowest BCUT2D eigenvalue weighted by molar-refractivity contribution is 0.184. The van der Waals surface area contributed by atoms with Gasteiger partial charge < -0.3 is 9.47 Å². The molecule has 1 aromatic carbocycles. The minimum absolute atomic E-state index is 0.176. The molecule has 0 aliphatic rings. The highest BCUT2D eigenvalue weighted by molar-refractivity contribution is 5.77. The van der Waals surface area contributed by atoms with Crippen molar-refractivity contribution in [1.29, 1.82) is 0 Å². The molecule has 0 bridgehead atoms. The number of methoxy groups -OCH3 is 2. The maximum Gasteiger partial charge on any atom is 0.332 e. The highest BCUT2D eigenvalue weighted by atomic mass is 16.5. The van der Waals surface area contributed by atoms with Crippen molar-refractivity contribution >= 4 is 16.9 Å². The molecule has 0 radical (unpaired) electrons. The molecule has 0 spiro atoms. The van der Waals surface area contributed by atoms with Gasteiger partial charge in [0.1, 0.15) is 5.75 Å². The lowest BCUT2D eigenvalue weighted by atomic mass is 10.2. The summed E-state index contributed by atoms with van der Waals surface area (Å²) in [7, 11) is 4.78. The number of hydrogen-bond acceptors (Lipinski definition) is 5. The molecule has 158 valence electrons. The first-order valence-corrected chi connectivity index (χ1v) is 9.65. The second kappa shape index (κ2) is 7.17. The summed E-state index contributed by atoms with van der Waals surface area (Å²) in [6, 6.07) is 5.90. The number of imidazole rings is 2. The minimum Gasteiger partial charge on any atom is -0.495 e. The Labute approximate surface area is 172 Å². The van der Waals surface area contributed by atoms with Crippen LogP contribution in [0.5, 0.6) is 5.75 Å². The van der Waals surface area contributed by atoms with Crippen LogP contribution in [0.2, 0.25) is 0 Å². The van der Waals surface area contributed by atoms with Crippen LogP contribution >= 0.6 is 0 Å². The molecule has 0 N–H and O–H groups in total. The summed E-state index contributed by atoms with van der Waals surface area (Å²) in [6.45, 7) is 6.36. The van der Waals surface area contributed by atoms with E-state index in [0.717, 1.165) is 22.6 Å². The zero-order valence-electron chi connectivity index (χ0n) is 18.0. The number of ether oxygens (including phenoxy) is 2. The number of fused-ring (bicyclic) bond motifs is 3. The van der Waals surface area contributed by atoms with Crippen molar-refractivity contribution in [2.45, 2.75) is 27.3 Å². The highest BCUT2D eigenvalue weighted by Gasteiger charge is 2.24. The fourth-order valence-corrected chi connectivity index (χ4v) is 3.89. The summed E-state index contributed by atoms with van der Waals surface area (Å²) in [5.74, 6) is 1.25. The average Bonchev–Trinajstić information content (AvgIpc) is 3.22. The van der Waals surface area contributed by atoms with Crippen molar-refractivity contribution in [2.75, 3.05) is 20.8 Å². The third-order valence-corrected chi connectivity index (χ3v) is 5.61. The van der Waals surface area contributed by atoms with E-state index in [0.29, 0.717) is 22.7 Å². The van der Waals surface area contributed by atoms with E-state index >= 15 is 0 Å². The van der Waals surface area contributed by atoms with Crippen molar-refractivity contribution in [3.63, 3.8) is 0 Å². The lowest BCUT2D eigenvalue weighted by Crippen LogP contribution is -2.40. The molecule has 0 saturated heterocycles. The second-order valence-electron chi connectivity index (χ2n) is 7.39. The van der Waals surface area contributed by atoms with Gasteiger partial charge in [0.2, 0.25) is 5.78 Å². The van der Waals surface area contributed by atoms with Gasteiger partial charge >= 0.3 is 5.69 Å². The van der Waals surface area contributed by atoms with Crippen LogP contribution in [0, 0.1) is 20.8 Å². The average molecular weight is 411 g/mol. The summed E-state index contributed by atoms with van der Waals surface area (Å²) >= 11 is 0. The van der Waals surface area contributed by atoms with Gasteiger partial charge in [-0.15, -0.1) is 0 Å². The SMILES string of the molecule is COCCn1c(=O)c2c(nc3n(-c4cc(C)ccc4OC)c(C)c(C)n23)n(C)c1=O. The predicted octanol–water partition coefficient (Wildman–Crippen LogP) is 1.72. The van der Waals surface area contributed by atoms with Gasteiger partial charge in [-0.1, -0.05) is 6.07 Å². The number of aryl methyl sites for hydroxylation is 3. The third-order valence-electron chi connectivity index (χ3n) is 5.61. The van der Waals surface area contributed by atoms with E-state index < -0.39 is 5.69 Å². The van der Waals surface area contributed by atoms with Gasteiger partial charge in [-0.3, -0.25) is 22.9 Å². The van der Waals surface area contributed by atoms with Crippen molar-refractivity contribution < 1.29 is 9.47 Å². The van der Waals surface area contributed by atoms with Crippen molar-refractivity contribution in [2.24, 2.45) is 7.05 Å². The highest BCUT2D eigenvalue weighted by Crippen LogP contribution is 2.30. The molecule has 0 fully saturated rings. The normalized spacial score (nSPS) is 11.7. The van der Waals surface area contributed by atoms with Gasteiger partial charge in [-0.2, -0.15) is 4.98 Å². The van der Waals surface area contributed by atoms with Crippen LogP contribution in [0.1, 0.15) is 17.0 Å².